The number of carbonyl (C=O) groups is 2. The van der Waals surface area contributed by atoms with Crippen LogP contribution >= 0.6 is 0 Å². The smallest absolute Gasteiger partial charge is 0.329 e. The van der Waals surface area contributed by atoms with E-state index in [0.717, 1.165) is 0 Å². The highest BCUT2D eigenvalue weighted by Gasteiger charge is 2.51. The van der Waals surface area contributed by atoms with Gasteiger partial charge in [0.1, 0.15) is 11.4 Å². The summed E-state index contributed by atoms with van der Waals surface area (Å²) in [5.41, 5.74) is -0.478. The van der Waals surface area contributed by atoms with Crippen molar-refractivity contribution in [2.45, 2.75) is 25.3 Å². The molecule has 0 atom stereocenters. The number of carboxylic acids is 1. The highest BCUT2D eigenvalue weighted by Crippen LogP contribution is 2.35. The monoisotopic (exact) mass is 237 g/mol. The van der Waals surface area contributed by atoms with E-state index in [1.165, 1.54) is 18.2 Å². The Labute approximate surface area is 97.4 Å². The molecule has 1 fully saturated rings. The Balaban J connectivity index is 2.15. The van der Waals surface area contributed by atoms with Crippen molar-refractivity contribution in [3.63, 3.8) is 0 Å². The molecule has 1 aromatic rings. The molecule has 1 saturated carbocycles. The first kappa shape index (κ1) is 11.6. The molecule has 90 valence electrons. The quantitative estimate of drug-likeness (QED) is 0.836. The maximum atomic E-state index is 13.0. The van der Waals surface area contributed by atoms with E-state index in [1.807, 2.05) is 0 Å². The van der Waals surface area contributed by atoms with Crippen LogP contribution in [-0.2, 0) is 4.79 Å². The first-order chi connectivity index (χ1) is 7.94. The highest BCUT2D eigenvalue weighted by molar-refractivity contribution is 5.99. The van der Waals surface area contributed by atoms with Crippen LogP contribution in [0, 0.1) is 12.7 Å². The molecule has 5 heteroatoms. The fraction of sp³-hybridized carbons (Fsp3) is 0.333. The topological polar surface area (TPSA) is 66.4 Å². The van der Waals surface area contributed by atoms with Gasteiger partial charge in [-0.2, -0.15) is 0 Å². The summed E-state index contributed by atoms with van der Waals surface area (Å²) >= 11 is 0. The zero-order chi connectivity index (χ0) is 12.6. The van der Waals surface area contributed by atoms with Crippen LogP contribution in [0.4, 0.5) is 4.39 Å². The molecule has 0 radical (unpaired) electrons. The van der Waals surface area contributed by atoms with E-state index in [2.05, 4.69) is 5.32 Å². The van der Waals surface area contributed by atoms with Gasteiger partial charge in [-0.25, -0.2) is 9.18 Å². The standard InChI is InChI=1S/C12H12FNO3/c1-7-6-8(2-3-9(7)13)10(15)14-12(4-5-12)11(16)17/h2-3,6H,4-5H2,1H3,(H,14,15)(H,16,17). The molecule has 0 aliphatic heterocycles. The van der Waals surface area contributed by atoms with Crippen LogP contribution in [-0.4, -0.2) is 22.5 Å². The SMILES string of the molecule is Cc1cc(C(=O)NC2(C(=O)O)CC2)ccc1F. The van der Waals surface area contributed by atoms with E-state index in [1.54, 1.807) is 6.92 Å². The van der Waals surface area contributed by atoms with E-state index in [-0.39, 0.29) is 11.4 Å². The number of carboxylic acid groups (broad SMARTS) is 1. The molecule has 0 aromatic heterocycles. The Hall–Kier alpha value is -1.91. The second-order valence-electron chi connectivity index (χ2n) is 4.31. The van der Waals surface area contributed by atoms with Crippen LogP contribution in [0.15, 0.2) is 18.2 Å². The first-order valence-electron chi connectivity index (χ1n) is 5.27. The molecule has 0 bridgehead atoms. The first-order valence-corrected chi connectivity index (χ1v) is 5.27. The van der Waals surface area contributed by atoms with Crippen molar-refractivity contribution in [1.82, 2.24) is 5.32 Å². The predicted octanol–water partition coefficient (Wildman–Crippen LogP) is 1.48. The molecule has 0 unspecified atom stereocenters. The molecule has 0 saturated heterocycles. The Morgan fingerprint density at radius 2 is 2.06 bits per heavy atom. The van der Waals surface area contributed by atoms with E-state index in [4.69, 9.17) is 5.11 Å². The van der Waals surface area contributed by atoms with Crippen LogP contribution < -0.4 is 5.32 Å². The molecular weight excluding hydrogens is 225 g/mol. The second kappa shape index (κ2) is 3.84. The second-order valence-corrected chi connectivity index (χ2v) is 4.31. The molecule has 0 spiro atoms. The largest absolute Gasteiger partial charge is 0.480 e. The summed E-state index contributed by atoms with van der Waals surface area (Å²) in [5, 5.41) is 11.4. The average molecular weight is 237 g/mol. The number of amides is 1. The number of benzene rings is 1. The zero-order valence-electron chi connectivity index (χ0n) is 9.29. The van der Waals surface area contributed by atoms with Gasteiger partial charge in [0.2, 0.25) is 0 Å². The van der Waals surface area contributed by atoms with E-state index < -0.39 is 17.4 Å². The number of halogens is 1. The van der Waals surface area contributed by atoms with Gasteiger partial charge in [0.05, 0.1) is 0 Å². The minimum atomic E-state index is -1.11. The number of hydrogen-bond acceptors (Lipinski definition) is 2. The molecule has 1 aliphatic carbocycles. The lowest BCUT2D eigenvalue weighted by atomic mass is 10.1. The van der Waals surface area contributed by atoms with Gasteiger partial charge < -0.3 is 10.4 Å². The number of carbonyl (C=O) groups excluding carboxylic acids is 1. The van der Waals surface area contributed by atoms with Gasteiger partial charge in [0.25, 0.3) is 5.91 Å². The number of hydrogen-bond donors (Lipinski definition) is 2. The minimum absolute atomic E-state index is 0.274. The number of nitrogens with one attached hydrogen (secondary N) is 1. The van der Waals surface area contributed by atoms with Crippen LogP contribution in [0.25, 0.3) is 0 Å². The summed E-state index contributed by atoms with van der Waals surface area (Å²) in [6, 6.07) is 3.95. The molecule has 1 aliphatic rings. The molecule has 1 aromatic carbocycles. The third-order valence-electron chi connectivity index (χ3n) is 2.93. The van der Waals surface area contributed by atoms with Gasteiger partial charge in [0, 0.05) is 5.56 Å². The lowest BCUT2D eigenvalue weighted by Crippen LogP contribution is -2.43. The van der Waals surface area contributed by atoms with Crippen LogP contribution in [0.2, 0.25) is 0 Å². The van der Waals surface area contributed by atoms with Gasteiger partial charge in [-0.05, 0) is 43.5 Å². The number of aliphatic carboxylic acids is 1. The zero-order valence-corrected chi connectivity index (χ0v) is 9.29. The number of rotatable bonds is 3. The van der Waals surface area contributed by atoms with E-state index in [0.29, 0.717) is 18.4 Å². The molecule has 1 amide bonds. The van der Waals surface area contributed by atoms with E-state index >= 15 is 0 Å². The van der Waals surface area contributed by atoms with E-state index in [9.17, 15) is 14.0 Å². The van der Waals surface area contributed by atoms with Gasteiger partial charge in [-0.3, -0.25) is 4.79 Å². The minimum Gasteiger partial charge on any atom is -0.480 e. The average Bonchev–Trinajstić information content (AvgIpc) is 3.03. The van der Waals surface area contributed by atoms with Crippen molar-refractivity contribution in [3.8, 4) is 0 Å². The van der Waals surface area contributed by atoms with Crippen molar-refractivity contribution in [3.05, 3.63) is 35.1 Å². The van der Waals surface area contributed by atoms with Crippen molar-refractivity contribution in [2.75, 3.05) is 0 Å². The van der Waals surface area contributed by atoms with Gasteiger partial charge in [-0.1, -0.05) is 0 Å². The van der Waals surface area contributed by atoms with Crippen molar-refractivity contribution < 1.29 is 19.1 Å². The third-order valence-corrected chi connectivity index (χ3v) is 2.93. The Morgan fingerprint density at radius 1 is 1.41 bits per heavy atom. The van der Waals surface area contributed by atoms with Crippen LogP contribution in [0.1, 0.15) is 28.8 Å². The van der Waals surface area contributed by atoms with Gasteiger partial charge in [-0.15, -0.1) is 0 Å². The maximum Gasteiger partial charge on any atom is 0.329 e. The molecule has 2 N–H and O–H groups in total. The fourth-order valence-electron chi connectivity index (χ4n) is 1.59. The molecule has 17 heavy (non-hydrogen) atoms. The van der Waals surface area contributed by atoms with Crippen molar-refractivity contribution in [2.24, 2.45) is 0 Å². The van der Waals surface area contributed by atoms with Crippen molar-refractivity contribution >= 4 is 11.9 Å². The summed E-state index contributed by atoms with van der Waals surface area (Å²) in [5.74, 6) is -1.89. The van der Waals surface area contributed by atoms with Gasteiger partial charge in [0.15, 0.2) is 0 Å². The Kier molecular flexibility index (Phi) is 2.61. The summed E-state index contributed by atoms with van der Waals surface area (Å²) in [6.45, 7) is 1.55. The lowest BCUT2D eigenvalue weighted by Gasteiger charge is -2.12. The molecule has 4 nitrogen and oxygen atoms in total. The third kappa shape index (κ3) is 2.13. The van der Waals surface area contributed by atoms with Crippen LogP contribution in [0.5, 0.6) is 0 Å². The number of aryl methyl sites for hydroxylation is 1. The lowest BCUT2D eigenvalue weighted by molar-refractivity contribution is -0.140. The Morgan fingerprint density at radius 3 is 2.53 bits per heavy atom. The summed E-state index contributed by atoms with van der Waals surface area (Å²) in [7, 11) is 0. The van der Waals surface area contributed by atoms with Gasteiger partial charge >= 0.3 is 5.97 Å². The fourth-order valence-corrected chi connectivity index (χ4v) is 1.59. The normalized spacial score (nSPS) is 16.4. The summed E-state index contributed by atoms with van der Waals surface area (Å²) in [6.07, 6.45) is 0.877. The maximum absolute atomic E-state index is 13.0. The Bertz CT molecular complexity index is 495. The highest BCUT2D eigenvalue weighted by atomic mass is 19.1. The molecular formula is C12H12FNO3. The molecule has 2 rings (SSSR count). The van der Waals surface area contributed by atoms with Crippen molar-refractivity contribution in [1.29, 1.82) is 0 Å². The predicted molar refractivity (Wildman–Crippen MR) is 58.2 cm³/mol. The molecule has 0 heterocycles. The summed E-state index contributed by atoms with van der Waals surface area (Å²) < 4.78 is 13.0. The summed E-state index contributed by atoms with van der Waals surface area (Å²) in [4.78, 5) is 22.7. The van der Waals surface area contributed by atoms with Crippen LogP contribution in [0.3, 0.4) is 0 Å².